The maximum Gasteiger partial charge on any atom is 0.344 e. The van der Waals surface area contributed by atoms with E-state index < -0.39 is 16.9 Å². The number of fused-ring (bicyclic) bond motifs is 2. The Morgan fingerprint density at radius 1 is 0.600 bits per heavy atom. The van der Waals surface area contributed by atoms with E-state index in [0.29, 0.717) is 49.8 Å². The van der Waals surface area contributed by atoms with Crippen molar-refractivity contribution in [2.45, 2.75) is 0 Å². The molecule has 4 aromatic carbocycles. The highest BCUT2D eigenvalue weighted by atomic mass is 16.6. The molecule has 168 valence electrons. The second-order valence-corrected chi connectivity index (χ2v) is 8.09. The molecule has 4 aromatic rings. The number of hydrogen-bond acceptors (Lipinski definition) is 6. The molecule has 0 spiro atoms. The summed E-state index contributed by atoms with van der Waals surface area (Å²) < 4.78 is 11.1. The predicted octanol–water partition coefficient (Wildman–Crippen LogP) is 3.50. The third-order valence-electron chi connectivity index (χ3n) is 6.06. The molecule has 2 aliphatic rings. The zero-order chi connectivity index (χ0) is 24.1. The number of rotatable bonds is 4. The maximum atomic E-state index is 12.9. The highest BCUT2D eigenvalue weighted by molar-refractivity contribution is 6.21. The van der Waals surface area contributed by atoms with Crippen LogP contribution in [0, 0.1) is 10.1 Å². The minimum atomic E-state index is -0.580. The van der Waals surface area contributed by atoms with E-state index in [9.17, 15) is 19.7 Å². The number of carbonyl (C=O) groups is 2. The predicted molar refractivity (Wildman–Crippen MR) is 127 cm³/mol. The maximum absolute atomic E-state index is 12.9. The van der Waals surface area contributed by atoms with Crippen molar-refractivity contribution in [3.63, 3.8) is 0 Å². The Labute approximate surface area is 198 Å². The van der Waals surface area contributed by atoms with Crippen LogP contribution in [0.15, 0.2) is 91.0 Å². The zero-order valence-corrected chi connectivity index (χ0v) is 18.1. The molecule has 7 heteroatoms. The molecule has 35 heavy (non-hydrogen) atoms. The van der Waals surface area contributed by atoms with Gasteiger partial charge in [-0.15, -0.1) is 0 Å². The van der Waals surface area contributed by atoms with Gasteiger partial charge in [0, 0.05) is 16.5 Å². The first-order chi connectivity index (χ1) is 17.0. The van der Waals surface area contributed by atoms with Crippen molar-refractivity contribution >= 4 is 28.8 Å². The van der Waals surface area contributed by atoms with Crippen LogP contribution in [0.25, 0.3) is 22.3 Å². The van der Waals surface area contributed by atoms with Gasteiger partial charge in [-0.25, -0.2) is 9.59 Å². The van der Waals surface area contributed by atoms with E-state index >= 15 is 0 Å². The van der Waals surface area contributed by atoms with Crippen LogP contribution in [0.1, 0.15) is 11.1 Å². The summed E-state index contributed by atoms with van der Waals surface area (Å²) in [7, 11) is 0. The molecule has 0 atom stereocenters. The Morgan fingerprint density at radius 3 is 1.66 bits per heavy atom. The lowest BCUT2D eigenvalue weighted by molar-refractivity contribution is -0.384. The summed E-state index contributed by atoms with van der Waals surface area (Å²) in [5.74, 6) is -0.433. The summed E-state index contributed by atoms with van der Waals surface area (Å²) in [4.78, 5) is 36.8. The zero-order valence-electron chi connectivity index (χ0n) is 18.1. The summed E-state index contributed by atoms with van der Waals surface area (Å²) in [6.45, 7) is 0. The van der Waals surface area contributed by atoms with E-state index in [4.69, 9.17) is 9.47 Å². The Hall–Kier alpha value is -5.04. The van der Waals surface area contributed by atoms with E-state index in [-0.39, 0.29) is 11.3 Å². The highest BCUT2D eigenvalue weighted by Crippen LogP contribution is 2.34. The third-order valence-corrected chi connectivity index (χ3v) is 6.06. The second kappa shape index (κ2) is 7.78. The summed E-state index contributed by atoms with van der Waals surface area (Å²) in [6.07, 6.45) is 0. The Kier molecular flexibility index (Phi) is 4.57. The average Bonchev–Trinajstić information content (AvgIpc) is 3.36. The van der Waals surface area contributed by atoms with E-state index in [1.165, 1.54) is 12.1 Å². The lowest BCUT2D eigenvalue weighted by Gasteiger charge is -2.07. The number of benzene rings is 4. The smallest absolute Gasteiger partial charge is 0.344 e. The van der Waals surface area contributed by atoms with Crippen LogP contribution in [0.5, 0.6) is 11.5 Å². The summed E-state index contributed by atoms with van der Waals surface area (Å²) >= 11 is 0. The van der Waals surface area contributed by atoms with Crippen LogP contribution < -0.4 is 19.9 Å². The van der Waals surface area contributed by atoms with Gasteiger partial charge < -0.3 is 9.47 Å². The molecule has 0 N–H and O–H groups in total. The van der Waals surface area contributed by atoms with Crippen molar-refractivity contribution in [2.75, 3.05) is 0 Å². The monoisotopic (exact) mass is 461 g/mol. The minimum absolute atomic E-state index is 0.0721. The number of hydrogen-bond donors (Lipinski definition) is 0. The molecule has 6 rings (SSSR count). The molecule has 0 amide bonds. The van der Waals surface area contributed by atoms with E-state index in [0.717, 1.165) is 0 Å². The van der Waals surface area contributed by atoms with Gasteiger partial charge in [0.2, 0.25) is 0 Å². The van der Waals surface area contributed by atoms with Gasteiger partial charge in [0.15, 0.2) is 0 Å². The van der Waals surface area contributed by atoms with Gasteiger partial charge in [-0.1, -0.05) is 60.7 Å². The number of nitro groups is 1. The largest absolute Gasteiger partial charge is 0.422 e. The quantitative estimate of drug-likeness (QED) is 0.200. The molecule has 0 radical (unpaired) electrons. The molecule has 0 unspecified atom stereocenters. The molecule has 0 saturated carbocycles. The molecular formula is C28H15NO6. The van der Waals surface area contributed by atoms with Crippen LogP contribution in [0.2, 0.25) is 0 Å². The second-order valence-electron chi connectivity index (χ2n) is 8.09. The topological polar surface area (TPSA) is 95.7 Å². The van der Waals surface area contributed by atoms with Gasteiger partial charge in [0.25, 0.3) is 5.69 Å². The van der Waals surface area contributed by atoms with Crippen LogP contribution >= 0.6 is 0 Å². The first-order valence-corrected chi connectivity index (χ1v) is 10.8. The van der Waals surface area contributed by atoms with Crippen molar-refractivity contribution < 1.29 is 24.0 Å². The average molecular weight is 461 g/mol. The van der Waals surface area contributed by atoms with E-state index in [1.54, 1.807) is 42.5 Å². The van der Waals surface area contributed by atoms with Gasteiger partial charge in [-0.3, -0.25) is 10.1 Å². The molecular weight excluding hydrogens is 446 g/mol. The molecule has 0 fully saturated rings. The molecule has 0 saturated heterocycles. The van der Waals surface area contributed by atoms with E-state index in [1.807, 2.05) is 36.4 Å². The van der Waals surface area contributed by atoms with Crippen molar-refractivity contribution in [1.29, 1.82) is 0 Å². The summed E-state index contributed by atoms with van der Waals surface area (Å²) in [5.41, 5.74) is 2.78. The number of nitro benzene ring substituents is 1. The van der Waals surface area contributed by atoms with Crippen molar-refractivity contribution in [3.05, 3.63) is 123 Å². The summed E-state index contributed by atoms with van der Waals surface area (Å²) in [6, 6.07) is 25.8. The molecule has 7 nitrogen and oxygen atoms in total. The lowest BCUT2D eigenvalue weighted by atomic mass is 9.96. The number of esters is 2. The van der Waals surface area contributed by atoms with Gasteiger partial charge in [-0.2, -0.15) is 0 Å². The van der Waals surface area contributed by atoms with Gasteiger partial charge in [0.05, 0.1) is 21.6 Å². The van der Waals surface area contributed by atoms with E-state index in [2.05, 4.69) is 0 Å². The first kappa shape index (κ1) is 20.6. The number of nitrogens with zero attached hydrogens (tertiary/aromatic N) is 1. The van der Waals surface area contributed by atoms with Crippen molar-refractivity contribution in [3.8, 4) is 22.6 Å². The Morgan fingerprint density at radius 2 is 1.11 bits per heavy atom. The lowest BCUT2D eigenvalue weighted by Crippen LogP contribution is -2.11. The van der Waals surface area contributed by atoms with Crippen molar-refractivity contribution in [2.24, 2.45) is 0 Å². The fourth-order valence-electron chi connectivity index (χ4n) is 4.49. The summed E-state index contributed by atoms with van der Waals surface area (Å²) in [5, 5.41) is 12.7. The Bertz CT molecular complexity index is 1690. The number of ether oxygens (including phenoxy) is 2. The van der Waals surface area contributed by atoms with Gasteiger partial charge in [-0.05, 0) is 41.0 Å². The third kappa shape index (κ3) is 3.29. The van der Waals surface area contributed by atoms with Crippen molar-refractivity contribution in [1.82, 2.24) is 0 Å². The highest BCUT2D eigenvalue weighted by Gasteiger charge is 2.31. The molecule has 0 aliphatic carbocycles. The van der Waals surface area contributed by atoms with Crippen LogP contribution in [0.3, 0.4) is 0 Å². The SMILES string of the molecule is O=C1Oc2cc3c(cc2=C1c1ccccc1)OC(=O)C=3c1ccc([N+](=O)[O-])c(-c2ccccc2)c1. The molecule has 0 aromatic heterocycles. The standard InChI is InChI=1S/C28H15NO6/c30-27-25(17-9-5-2-6-10-17)20-14-24-21(15-23(20)34-27)26(28(31)35-24)18-11-12-22(29(32)33)19(13-18)16-7-3-1-4-8-16/h1-15H. The van der Waals surface area contributed by atoms with Crippen LogP contribution in [0.4, 0.5) is 5.69 Å². The first-order valence-electron chi connectivity index (χ1n) is 10.8. The van der Waals surface area contributed by atoms with Crippen LogP contribution in [-0.4, -0.2) is 16.9 Å². The van der Waals surface area contributed by atoms with Gasteiger partial charge in [0.1, 0.15) is 11.5 Å². The minimum Gasteiger partial charge on any atom is -0.422 e. The normalized spacial score (nSPS) is 13.8. The van der Waals surface area contributed by atoms with Crippen LogP contribution in [-0.2, 0) is 9.59 Å². The fraction of sp³-hybridized carbons (Fsp3) is 0. The molecule has 2 aliphatic heterocycles. The molecule has 0 bridgehead atoms. The molecule has 2 heterocycles. The Balaban J connectivity index is 1.58. The fourth-order valence-corrected chi connectivity index (χ4v) is 4.49. The van der Waals surface area contributed by atoms with Gasteiger partial charge >= 0.3 is 11.9 Å². The number of carbonyl (C=O) groups excluding carboxylic acids is 2.